The van der Waals surface area contributed by atoms with Gasteiger partial charge < -0.3 is 9.84 Å². The number of fused-ring (bicyclic) bond motifs is 2. The van der Waals surface area contributed by atoms with Gasteiger partial charge in [-0.2, -0.15) is 13.2 Å². The predicted molar refractivity (Wildman–Crippen MR) is 61.5 cm³/mol. The molecular formula is C13H19F3O3. The Labute approximate surface area is 110 Å². The Morgan fingerprint density at radius 1 is 1.37 bits per heavy atom. The number of halogens is 3. The number of rotatable bonds is 2. The van der Waals surface area contributed by atoms with Crippen LogP contribution in [0.15, 0.2) is 0 Å². The molecule has 19 heavy (non-hydrogen) atoms. The third-order valence-electron chi connectivity index (χ3n) is 4.38. The molecule has 2 aliphatic carbocycles. The Hall–Kier alpha value is -0.620. The number of hydrogen-bond acceptors (Lipinski definition) is 3. The second-order valence-corrected chi connectivity index (χ2v) is 5.47. The van der Waals surface area contributed by atoms with Gasteiger partial charge in [0.2, 0.25) is 0 Å². The monoisotopic (exact) mass is 280 g/mol. The van der Waals surface area contributed by atoms with Gasteiger partial charge in [0.1, 0.15) is 5.78 Å². The van der Waals surface area contributed by atoms with Gasteiger partial charge in [-0.3, -0.25) is 4.79 Å². The zero-order valence-electron chi connectivity index (χ0n) is 10.9. The van der Waals surface area contributed by atoms with Crippen LogP contribution in [0.5, 0.6) is 0 Å². The summed E-state index contributed by atoms with van der Waals surface area (Å²) in [6, 6.07) is 0. The highest BCUT2D eigenvalue weighted by atomic mass is 19.4. The smallest absolute Gasteiger partial charge is 0.380 e. The van der Waals surface area contributed by atoms with Gasteiger partial charge in [0.05, 0.1) is 12.0 Å². The molecular weight excluding hydrogens is 261 g/mol. The fraction of sp³-hybridized carbons (Fsp3) is 0.923. The van der Waals surface area contributed by atoms with E-state index in [1.165, 1.54) is 0 Å². The average Bonchev–Trinajstić information content (AvgIpc) is 2.44. The fourth-order valence-electron chi connectivity index (χ4n) is 3.39. The van der Waals surface area contributed by atoms with E-state index in [1.54, 1.807) is 6.92 Å². The molecule has 2 fully saturated rings. The minimum absolute atomic E-state index is 0.115. The molecule has 3 nitrogen and oxygen atoms in total. The summed E-state index contributed by atoms with van der Waals surface area (Å²) in [5.74, 6) is -2.28. The van der Waals surface area contributed by atoms with Crippen LogP contribution in [-0.4, -0.2) is 35.4 Å². The van der Waals surface area contributed by atoms with Crippen molar-refractivity contribution in [1.82, 2.24) is 0 Å². The van der Waals surface area contributed by atoms with Crippen LogP contribution >= 0.6 is 0 Å². The minimum atomic E-state index is -4.79. The van der Waals surface area contributed by atoms with Gasteiger partial charge in [-0.1, -0.05) is 12.8 Å². The average molecular weight is 280 g/mol. The Bertz CT molecular complexity index is 356. The molecule has 0 radical (unpaired) electrons. The third-order valence-corrected chi connectivity index (χ3v) is 4.38. The van der Waals surface area contributed by atoms with Crippen molar-refractivity contribution in [1.29, 1.82) is 0 Å². The highest BCUT2D eigenvalue weighted by molar-refractivity contribution is 5.86. The van der Waals surface area contributed by atoms with Crippen molar-refractivity contribution in [3.63, 3.8) is 0 Å². The first-order valence-corrected chi connectivity index (χ1v) is 6.75. The van der Waals surface area contributed by atoms with E-state index in [0.717, 1.165) is 0 Å². The van der Waals surface area contributed by atoms with Crippen molar-refractivity contribution in [3.05, 3.63) is 0 Å². The number of ether oxygens (including phenoxy) is 1. The van der Waals surface area contributed by atoms with Crippen LogP contribution in [0.2, 0.25) is 0 Å². The van der Waals surface area contributed by atoms with Crippen molar-refractivity contribution in [2.45, 2.75) is 56.9 Å². The summed E-state index contributed by atoms with van der Waals surface area (Å²) < 4.78 is 44.8. The summed E-state index contributed by atoms with van der Waals surface area (Å²) in [6.07, 6.45) is -4.20. The van der Waals surface area contributed by atoms with Gasteiger partial charge in [0.25, 0.3) is 0 Å². The molecule has 2 saturated carbocycles. The molecule has 2 rings (SSSR count). The molecule has 0 spiro atoms. The molecule has 2 bridgehead atoms. The number of ketones is 1. The molecule has 0 aromatic heterocycles. The first-order valence-electron chi connectivity index (χ1n) is 6.75. The van der Waals surface area contributed by atoms with E-state index in [-0.39, 0.29) is 13.0 Å². The number of carbonyl (C=O) groups is 1. The van der Waals surface area contributed by atoms with E-state index < -0.39 is 41.9 Å². The second-order valence-electron chi connectivity index (χ2n) is 5.47. The number of hydrogen-bond donors (Lipinski definition) is 1. The summed E-state index contributed by atoms with van der Waals surface area (Å²) in [7, 11) is 0. The predicted octanol–water partition coefficient (Wildman–Crippen LogP) is 2.46. The standard InChI is InChI=1S/C13H19F3O3/c1-2-19-10-7-12(18,13(14,15)16)9-6-4-3-5-8(10)11(9)17/h8-10,18H,2-7H2,1H3. The first kappa shape index (κ1) is 14.8. The molecule has 0 aromatic carbocycles. The lowest BCUT2D eigenvalue weighted by Gasteiger charge is -2.45. The minimum Gasteiger partial charge on any atom is -0.380 e. The van der Waals surface area contributed by atoms with E-state index in [1.807, 2.05) is 0 Å². The Morgan fingerprint density at radius 3 is 2.58 bits per heavy atom. The molecule has 4 atom stereocenters. The Morgan fingerprint density at radius 2 is 2.00 bits per heavy atom. The normalized spacial score (nSPS) is 40.1. The lowest BCUT2D eigenvalue weighted by molar-refractivity contribution is -0.294. The number of carbonyl (C=O) groups excluding carboxylic acids is 1. The van der Waals surface area contributed by atoms with Crippen molar-refractivity contribution < 1.29 is 27.8 Å². The van der Waals surface area contributed by atoms with E-state index in [2.05, 4.69) is 0 Å². The van der Waals surface area contributed by atoms with Gasteiger partial charge in [-0.05, 0) is 19.8 Å². The van der Waals surface area contributed by atoms with Crippen LogP contribution < -0.4 is 0 Å². The van der Waals surface area contributed by atoms with Gasteiger partial charge in [0, 0.05) is 18.9 Å². The van der Waals surface area contributed by atoms with E-state index >= 15 is 0 Å². The van der Waals surface area contributed by atoms with Crippen LogP contribution in [-0.2, 0) is 9.53 Å². The van der Waals surface area contributed by atoms with Crippen LogP contribution in [0, 0.1) is 11.8 Å². The van der Waals surface area contributed by atoms with Crippen molar-refractivity contribution in [2.75, 3.05) is 6.61 Å². The number of alkyl halides is 3. The zero-order chi connectivity index (χ0) is 14.3. The van der Waals surface area contributed by atoms with Crippen molar-refractivity contribution in [3.8, 4) is 0 Å². The summed E-state index contributed by atoms with van der Waals surface area (Å²) in [4.78, 5) is 12.2. The van der Waals surface area contributed by atoms with Gasteiger partial charge in [-0.15, -0.1) is 0 Å². The van der Waals surface area contributed by atoms with Crippen molar-refractivity contribution >= 4 is 5.78 Å². The second kappa shape index (κ2) is 5.05. The lowest BCUT2D eigenvalue weighted by Crippen LogP contribution is -2.61. The fourth-order valence-corrected chi connectivity index (χ4v) is 3.39. The third kappa shape index (κ3) is 2.40. The highest BCUT2D eigenvalue weighted by Crippen LogP contribution is 2.50. The van der Waals surface area contributed by atoms with Crippen LogP contribution in [0.25, 0.3) is 0 Å². The number of aliphatic hydroxyl groups is 1. The molecule has 1 N–H and O–H groups in total. The summed E-state index contributed by atoms with van der Waals surface area (Å²) in [5.41, 5.74) is -2.93. The van der Waals surface area contributed by atoms with E-state index in [4.69, 9.17) is 4.74 Å². The van der Waals surface area contributed by atoms with Crippen LogP contribution in [0.1, 0.15) is 39.0 Å². The molecule has 4 unspecified atom stereocenters. The Balaban J connectivity index is 2.37. The van der Waals surface area contributed by atoms with Gasteiger partial charge in [-0.25, -0.2) is 0 Å². The molecule has 2 aliphatic rings. The molecule has 0 saturated heterocycles. The molecule has 0 aromatic rings. The van der Waals surface area contributed by atoms with Crippen molar-refractivity contribution in [2.24, 2.45) is 11.8 Å². The Kier molecular flexibility index (Phi) is 3.93. The summed E-state index contributed by atoms with van der Waals surface area (Å²) in [5, 5.41) is 10.1. The maximum Gasteiger partial charge on any atom is 0.417 e. The van der Waals surface area contributed by atoms with Crippen LogP contribution in [0.3, 0.4) is 0 Å². The van der Waals surface area contributed by atoms with E-state index in [0.29, 0.717) is 19.3 Å². The molecule has 6 heteroatoms. The summed E-state index contributed by atoms with van der Waals surface area (Å²) in [6.45, 7) is 1.92. The zero-order valence-corrected chi connectivity index (χ0v) is 10.9. The summed E-state index contributed by atoms with van der Waals surface area (Å²) >= 11 is 0. The van der Waals surface area contributed by atoms with Crippen LogP contribution in [0.4, 0.5) is 13.2 Å². The maximum absolute atomic E-state index is 13.2. The van der Waals surface area contributed by atoms with Gasteiger partial charge >= 0.3 is 6.18 Å². The largest absolute Gasteiger partial charge is 0.417 e. The molecule has 110 valence electrons. The lowest BCUT2D eigenvalue weighted by atomic mass is 9.67. The first-order chi connectivity index (χ1) is 8.81. The SMILES string of the molecule is CCOC1CC(O)(C(F)(F)F)C2CCCCC1C2=O. The quantitative estimate of drug-likeness (QED) is 0.845. The highest BCUT2D eigenvalue weighted by Gasteiger charge is 2.65. The molecule has 0 aliphatic heterocycles. The molecule has 0 heterocycles. The number of Topliss-reactive ketones (excluding diaryl/α,β-unsaturated/α-hetero) is 1. The van der Waals surface area contributed by atoms with Gasteiger partial charge in [0.15, 0.2) is 5.60 Å². The topological polar surface area (TPSA) is 46.5 Å². The van der Waals surface area contributed by atoms with E-state index in [9.17, 15) is 23.1 Å². The maximum atomic E-state index is 13.2. The molecule has 0 amide bonds.